The van der Waals surface area contributed by atoms with Gasteiger partial charge in [-0.15, -0.1) is 0 Å². The topological polar surface area (TPSA) is 13.0 Å². The van der Waals surface area contributed by atoms with Crippen molar-refractivity contribution in [3.05, 3.63) is 70.8 Å². The molecule has 0 radical (unpaired) electrons. The summed E-state index contributed by atoms with van der Waals surface area (Å²) in [5, 5.41) is 0. The van der Waals surface area contributed by atoms with Gasteiger partial charge in [0.2, 0.25) is 0 Å². The molecule has 2 atom stereocenters. The Kier molecular flexibility index (Phi) is 11.1. The standard InChI is InChI=1S/C40H46N4/c1-2-25-41(24-1)28-10-14-35-16-18-36(19-17-35)20-22-39(43-30-5-6-31-43)40(44-32-7-8-33-44)23-21-38-13-9-12-37(34-38)15-11-29-42-26-3-4-27-42/h9,12-13,16-19,34,39-40H,1-8,24-33H2. The third-order valence-electron chi connectivity index (χ3n) is 9.31. The first-order valence-electron chi connectivity index (χ1n) is 16.9. The zero-order valence-corrected chi connectivity index (χ0v) is 26.3. The van der Waals surface area contributed by atoms with E-state index in [0.717, 1.165) is 61.5 Å². The van der Waals surface area contributed by atoms with Crippen molar-refractivity contribution in [1.82, 2.24) is 19.6 Å². The summed E-state index contributed by atoms with van der Waals surface area (Å²) in [6.45, 7) is 10.8. The van der Waals surface area contributed by atoms with Crippen LogP contribution >= 0.6 is 0 Å². The molecule has 4 heterocycles. The molecule has 4 nitrogen and oxygen atoms in total. The van der Waals surface area contributed by atoms with Crippen molar-refractivity contribution < 1.29 is 0 Å². The number of rotatable bonds is 5. The van der Waals surface area contributed by atoms with Gasteiger partial charge in [-0.1, -0.05) is 53.4 Å². The molecule has 2 unspecified atom stereocenters. The number of hydrogen-bond acceptors (Lipinski definition) is 4. The van der Waals surface area contributed by atoms with E-state index < -0.39 is 0 Å². The van der Waals surface area contributed by atoms with E-state index in [4.69, 9.17) is 0 Å². The van der Waals surface area contributed by atoms with Crippen molar-refractivity contribution in [2.75, 3.05) is 65.4 Å². The Morgan fingerprint density at radius 2 is 0.841 bits per heavy atom. The molecule has 0 amide bonds. The van der Waals surface area contributed by atoms with Crippen LogP contribution in [0.4, 0.5) is 0 Å². The van der Waals surface area contributed by atoms with Gasteiger partial charge in [-0.05, 0) is 146 Å². The molecule has 4 heteroatoms. The minimum absolute atomic E-state index is 0.0868. The highest BCUT2D eigenvalue weighted by molar-refractivity contribution is 5.46. The van der Waals surface area contributed by atoms with Crippen LogP contribution in [-0.2, 0) is 0 Å². The maximum Gasteiger partial charge on any atom is 0.0990 e. The van der Waals surface area contributed by atoms with Crippen molar-refractivity contribution in [3.8, 4) is 47.4 Å². The van der Waals surface area contributed by atoms with Crippen molar-refractivity contribution in [2.45, 2.75) is 63.5 Å². The first-order valence-corrected chi connectivity index (χ1v) is 16.9. The molecule has 4 aliphatic rings. The fraction of sp³-hybridized carbons (Fsp3) is 0.500. The lowest BCUT2D eigenvalue weighted by Gasteiger charge is -2.33. The lowest BCUT2D eigenvalue weighted by Crippen LogP contribution is -2.49. The molecule has 2 aromatic carbocycles. The zero-order valence-electron chi connectivity index (χ0n) is 26.3. The van der Waals surface area contributed by atoms with E-state index in [0.29, 0.717) is 0 Å². The molecule has 4 saturated heterocycles. The van der Waals surface area contributed by atoms with E-state index in [-0.39, 0.29) is 12.1 Å². The van der Waals surface area contributed by atoms with Crippen molar-refractivity contribution >= 4 is 0 Å². The molecule has 0 saturated carbocycles. The SMILES string of the molecule is C(#Cc1ccc(C#CC(C(C#Cc2cccc(C#CCN3CCCC3)c2)N2CCCC2)N2CCCC2)cc1)CN1CCCC1. The average Bonchev–Trinajstić information content (AvgIpc) is 3.88. The van der Waals surface area contributed by atoms with Gasteiger partial charge >= 0.3 is 0 Å². The summed E-state index contributed by atoms with van der Waals surface area (Å²) in [7, 11) is 0. The fourth-order valence-electron chi connectivity index (χ4n) is 6.79. The Morgan fingerprint density at radius 3 is 1.34 bits per heavy atom. The maximum atomic E-state index is 3.73. The Labute approximate surface area is 266 Å². The second kappa shape index (κ2) is 16.0. The van der Waals surface area contributed by atoms with Gasteiger partial charge in [0, 0.05) is 22.3 Å². The molecule has 0 N–H and O–H groups in total. The lowest BCUT2D eigenvalue weighted by molar-refractivity contribution is 0.178. The van der Waals surface area contributed by atoms with Crippen LogP contribution in [-0.4, -0.2) is 97.1 Å². The van der Waals surface area contributed by atoms with Gasteiger partial charge in [-0.25, -0.2) is 0 Å². The lowest BCUT2D eigenvalue weighted by atomic mass is 10.0. The third-order valence-corrected chi connectivity index (χ3v) is 9.31. The summed E-state index contributed by atoms with van der Waals surface area (Å²) < 4.78 is 0. The summed E-state index contributed by atoms with van der Waals surface area (Å²) in [6, 6.07) is 17.1. The molecule has 0 spiro atoms. The average molecular weight is 583 g/mol. The summed E-state index contributed by atoms with van der Waals surface area (Å²) in [5.41, 5.74) is 4.20. The van der Waals surface area contributed by atoms with Gasteiger partial charge in [0.15, 0.2) is 0 Å². The van der Waals surface area contributed by atoms with Crippen LogP contribution < -0.4 is 0 Å². The summed E-state index contributed by atoms with van der Waals surface area (Å²) in [6.07, 6.45) is 10.2. The zero-order chi connectivity index (χ0) is 29.8. The highest BCUT2D eigenvalue weighted by Gasteiger charge is 2.32. The molecule has 44 heavy (non-hydrogen) atoms. The predicted octanol–water partition coefficient (Wildman–Crippen LogP) is 4.91. The van der Waals surface area contributed by atoms with E-state index >= 15 is 0 Å². The second-order valence-corrected chi connectivity index (χ2v) is 12.6. The summed E-state index contributed by atoms with van der Waals surface area (Å²) in [5.74, 6) is 28.0. The Morgan fingerprint density at radius 1 is 0.455 bits per heavy atom. The van der Waals surface area contributed by atoms with Gasteiger partial charge < -0.3 is 0 Å². The second-order valence-electron chi connectivity index (χ2n) is 12.6. The van der Waals surface area contributed by atoms with E-state index in [1.807, 2.05) is 0 Å². The minimum Gasteiger partial charge on any atom is -0.292 e. The number of benzene rings is 2. The predicted molar refractivity (Wildman–Crippen MR) is 181 cm³/mol. The molecule has 0 aromatic heterocycles. The highest BCUT2D eigenvalue weighted by atomic mass is 15.3. The Bertz CT molecular complexity index is 1470. The van der Waals surface area contributed by atoms with Gasteiger partial charge in [-0.2, -0.15) is 0 Å². The molecule has 226 valence electrons. The molecular formula is C40H46N4. The van der Waals surface area contributed by atoms with Gasteiger partial charge in [-0.3, -0.25) is 19.6 Å². The van der Waals surface area contributed by atoms with Crippen LogP contribution in [0.1, 0.15) is 73.6 Å². The molecule has 4 fully saturated rings. The normalized spacial score (nSPS) is 20.5. The number of hydrogen-bond donors (Lipinski definition) is 0. The quantitative estimate of drug-likeness (QED) is 0.465. The van der Waals surface area contributed by atoms with Crippen molar-refractivity contribution in [2.24, 2.45) is 0 Å². The van der Waals surface area contributed by atoms with Crippen LogP contribution in [0.3, 0.4) is 0 Å². The molecule has 6 rings (SSSR count). The summed E-state index contributed by atoms with van der Waals surface area (Å²) >= 11 is 0. The van der Waals surface area contributed by atoms with Crippen LogP contribution in [0.15, 0.2) is 48.5 Å². The monoisotopic (exact) mass is 582 g/mol. The fourth-order valence-corrected chi connectivity index (χ4v) is 6.79. The molecule has 4 aliphatic heterocycles. The van der Waals surface area contributed by atoms with Gasteiger partial charge in [0.25, 0.3) is 0 Å². The van der Waals surface area contributed by atoms with Gasteiger partial charge in [0.1, 0.15) is 0 Å². The Hall–Kier alpha value is -3.48. The van der Waals surface area contributed by atoms with E-state index in [1.165, 1.54) is 77.5 Å². The van der Waals surface area contributed by atoms with Crippen molar-refractivity contribution in [1.29, 1.82) is 0 Å². The molecular weight excluding hydrogens is 536 g/mol. The molecule has 0 aliphatic carbocycles. The maximum absolute atomic E-state index is 3.73. The van der Waals surface area contributed by atoms with Crippen LogP contribution in [0, 0.1) is 47.4 Å². The summed E-state index contributed by atoms with van der Waals surface area (Å²) in [4.78, 5) is 10.0. The smallest absolute Gasteiger partial charge is 0.0990 e. The van der Waals surface area contributed by atoms with Gasteiger partial charge in [0.05, 0.1) is 25.2 Å². The first kappa shape index (κ1) is 30.5. The van der Waals surface area contributed by atoms with E-state index in [1.54, 1.807) is 0 Å². The third kappa shape index (κ3) is 8.80. The Balaban J connectivity index is 1.19. The molecule has 0 bridgehead atoms. The highest BCUT2D eigenvalue weighted by Crippen LogP contribution is 2.21. The van der Waals surface area contributed by atoms with Crippen LogP contribution in [0.5, 0.6) is 0 Å². The number of likely N-dealkylation sites (tertiary alicyclic amines) is 4. The van der Waals surface area contributed by atoms with E-state index in [9.17, 15) is 0 Å². The van der Waals surface area contributed by atoms with Crippen LogP contribution in [0.25, 0.3) is 0 Å². The van der Waals surface area contributed by atoms with Crippen molar-refractivity contribution in [3.63, 3.8) is 0 Å². The largest absolute Gasteiger partial charge is 0.292 e. The first-order chi connectivity index (χ1) is 21.8. The van der Waals surface area contributed by atoms with Crippen LogP contribution in [0.2, 0.25) is 0 Å². The minimum atomic E-state index is 0.0868. The van der Waals surface area contributed by atoms with E-state index in [2.05, 4.69) is 115 Å². The number of nitrogens with zero attached hydrogens (tertiary/aromatic N) is 4. The molecule has 2 aromatic rings.